The van der Waals surface area contributed by atoms with Gasteiger partial charge in [0, 0.05) is 12.6 Å². The lowest BCUT2D eigenvalue weighted by atomic mass is 10.1. The Labute approximate surface area is 117 Å². The van der Waals surface area contributed by atoms with E-state index in [1.807, 2.05) is 6.07 Å². The molecule has 1 aromatic carbocycles. The van der Waals surface area contributed by atoms with Crippen LogP contribution in [-0.2, 0) is 4.74 Å². The van der Waals surface area contributed by atoms with Crippen molar-refractivity contribution in [2.45, 2.75) is 31.4 Å². The lowest BCUT2D eigenvalue weighted by Gasteiger charge is -2.14. The highest BCUT2D eigenvalue weighted by molar-refractivity contribution is 7.18. The first-order valence-electron chi connectivity index (χ1n) is 7.10. The van der Waals surface area contributed by atoms with Crippen molar-refractivity contribution >= 4 is 21.6 Å². The van der Waals surface area contributed by atoms with E-state index in [-0.39, 0.29) is 6.10 Å². The van der Waals surface area contributed by atoms with Gasteiger partial charge in [0.05, 0.1) is 16.8 Å². The molecule has 100 valence electrons. The molecular weight excluding hydrogens is 256 g/mol. The number of rotatable bonds is 1. The molecule has 0 spiro atoms. The van der Waals surface area contributed by atoms with Crippen molar-refractivity contribution in [2.24, 2.45) is 5.92 Å². The molecule has 2 fully saturated rings. The number of ether oxygens (including phenoxy) is 1. The maximum Gasteiger partial charge on any atom is 0.124 e. The van der Waals surface area contributed by atoms with Gasteiger partial charge in [-0.15, -0.1) is 11.3 Å². The second-order valence-electron chi connectivity index (χ2n) is 5.55. The van der Waals surface area contributed by atoms with Crippen LogP contribution in [0, 0.1) is 5.92 Å². The Bertz CT molecular complexity index is 535. The first kappa shape index (κ1) is 11.8. The molecule has 2 aromatic rings. The summed E-state index contributed by atoms with van der Waals surface area (Å²) in [6.45, 7) is 1.79. The van der Waals surface area contributed by atoms with Crippen LogP contribution >= 0.6 is 11.3 Å². The Morgan fingerprint density at radius 1 is 1.26 bits per heavy atom. The van der Waals surface area contributed by atoms with Crippen molar-refractivity contribution in [3.8, 4) is 0 Å². The highest BCUT2D eigenvalue weighted by Gasteiger charge is 2.32. The van der Waals surface area contributed by atoms with Gasteiger partial charge in [0.15, 0.2) is 0 Å². The maximum absolute atomic E-state index is 6.12. The number of aromatic nitrogens is 1. The Hall–Kier alpha value is -0.970. The summed E-state index contributed by atoms with van der Waals surface area (Å²) in [7, 11) is 0. The molecule has 19 heavy (non-hydrogen) atoms. The van der Waals surface area contributed by atoms with Gasteiger partial charge in [-0.2, -0.15) is 0 Å². The zero-order valence-corrected chi connectivity index (χ0v) is 11.7. The first-order chi connectivity index (χ1) is 9.40. The van der Waals surface area contributed by atoms with Crippen molar-refractivity contribution in [1.29, 1.82) is 0 Å². The predicted molar refractivity (Wildman–Crippen MR) is 77.4 cm³/mol. The minimum absolute atomic E-state index is 0.128. The minimum Gasteiger partial charge on any atom is -0.369 e. The summed E-state index contributed by atoms with van der Waals surface area (Å²) in [4.78, 5) is 4.73. The van der Waals surface area contributed by atoms with E-state index in [1.165, 1.54) is 24.0 Å². The fourth-order valence-electron chi connectivity index (χ4n) is 3.25. The highest BCUT2D eigenvalue weighted by atomic mass is 32.1. The largest absolute Gasteiger partial charge is 0.369 e. The number of fused-ring (bicyclic) bond motifs is 2. The lowest BCUT2D eigenvalue weighted by molar-refractivity contribution is 0.0473. The lowest BCUT2D eigenvalue weighted by Crippen LogP contribution is -2.32. The van der Waals surface area contributed by atoms with Crippen LogP contribution in [0.5, 0.6) is 0 Å². The molecule has 3 nitrogen and oxygen atoms in total. The summed E-state index contributed by atoms with van der Waals surface area (Å²) in [6.07, 6.45) is 4.09. The molecule has 2 aliphatic rings. The second kappa shape index (κ2) is 4.85. The number of benzene rings is 1. The zero-order chi connectivity index (χ0) is 12.7. The molecule has 1 N–H and O–H groups in total. The summed E-state index contributed by atoms with van der Waals surface area (Å²) >= 11 is 1.77. The molecule has 3 atom stereocenters. The summed E-state index contributed by atoms with van der Waals surface area (Å²) in [5, 5.41) is 4.80. The first-order valence-corrected chi connectivity index (χ1v) is 7.92. The Kier molecular flexibility index (Phi) is 3.02. The fourth-order valence-corrected chi connectivity index (χ4v) is 4.27. The molecule has 1 aliphatic carbocycles. The van der Waals surface area contributed by atoms with E-state index in [4.69, 9.17) is 9.72 Å². The monoisotopic (exact) mass is 274 g/mol. The van der Waals surface area contributed by atoms with Crippen LogP contribution in [0.15, 0.2) is 24.3 Å². The van der Waals surface area contributed by atoms with Crippen molar-refractivity contribution in [3.63, 3.8) is 0 Å². The van der Waals surface area contributed by atoms with Crippen molar-refractivity contribution in [2.75, 3.05) is 13.2 Å². The van der Waals surface area contributed by atoms with Crippen LogP contribution in [0.3, 0.4) is 0 Å². The Morgan fingerprint density at radius 3 is 3.16 bits per heavy atom. The summed E-state index contributed by atoms with van der Waals surface area (Å²) in [6, 6.07) is 8.99. The molecule has 4 rings (SSSR count). The van der Waals surface area contributed by atoms with Crippen LogP contribution in [0.1, 0.15) is 30.4 Å². The van der Waals surface area contributed by atoms with Crippen molar-refractivity contribution in [1.82, 2.24) is 10.3 Å². The van der Waals surface area contributed by atoms with Crippen LogP contribution in [0.25, 0.3) is 10.2 Å². The molecule has 2 heterocycles. The van der Waals surface area contributed by atoms with Gasteiger partial charge in [-0.05, 0) is 30.9 Å². The molecule has 0 amide bonds. The number of nitrogens with zero attached hydrogens (tertiary/aromatic N) is 1. The average Bonchev–Trinajstić information content (AvgIpc) is 3.01. The summed E-state index contributed by atoms with van der Waals surface area (Å²) in [5.74, 6) is 0.708. The van der Waals surface area contributed by atoms with Gasteiger partial charge in [0.1, 0.15) is 11.1 Å². The average molecular weight is 274 g/mol. The van der Waals surface area contributed by atoms with Crippen LogP contribution in [0.2, 0.25) is 0 Å². The number of nitrogens with one attached hydrogen (secondary N) is 1. The maximum atomic E-state index is 6.12. The van der Waals surface area contributed by atoms with Gasteiger partial charge in [0.25, 0.3) is 0 Å². The van der Waals surface area contributed by atoms with E-state index in [9.17, 15) is 0 Å². The smallest absolute Gasteiger partial charge is 0.124 e. The number of hydrogen-bond donors (Lipinski definition) is 1. The number of thiazole rings is 1. The third kappa shape index (κ3) is 2.18. The Balaban J connectivity index is 1.58. The van der Waals surface area contributed by atoms with Gasteiger partial charge in [0.2, 0.25) is 0 Å². The third-order valence-electron chi connectivity index (χ3n) is 4.32. The summed E-state index contributed by atoms with van der Waals surface area (Å²) < 4.78 is 7.37. The van der Waals surface area contributed by atoms with Gasteiger partial charge in [-0.3, -0.25) is 0 Å². The molecule has 0 bridgehead atoms. The van der Waals surface area contributed by atoms with E-state index in [0.717, 1.165) is 23.7 Å². The standard InChI is InChI=1S/C15H18N2OS/c1-2-7-14-12(5-1)17-15(19-14)13-8-16-11-6-3-4-10(11)9-18-13/h1-2,5,7,10-11,13,16H,3-4,6,8-9H2. The Morgan fingerprint density at radius 2 is 2.21 bits per heavy atom. The SMILES string of the molecule is c1ccc2sc(C3CNC4CCCC4CO3)nc2c1. The number of para-hydroxylation sites is 1. The predicted octanol–water partition coefficient (Wildman–Crippen LogP) is 3.13. The fraction of sp³-hybridized carbons (Fsp3) is 0.533. The molecule has 4 heteroatoms. The van der Waals surface area contributed by atoms with E-state index >= 15 is 0 Å². The third-order valence-corrected chi connectivity index (χ3v) is 5.45. The van der Waals surface area contributed by atoms with E-state index in [1.54, 1.807) is 11.3 Å². The minimum atomic E-state index is 0.128. The molecule has 3 unspecified atom stereocenters. The van der Waals surface area contributed by atoms with Gasteiger partial charge >= 0.3 is 0 Å². The molecule has 1 saturated heterocycles. The molecule has 1 saturated carbocycles. The van der Waals surface area contributed by atoms with Crippen molar-refractivity contribution in [3.05, 3.63) is 29.3 Å². The van der Waals surface area contributed by atoms with E-state index in [2.05, 4.69) is 23.5 Å². The zero-order valence-electron chi connectivity index (χ0n) is 10.8. The van der Waals surface area contributed by atoms with Crippen molar-refractivity contribution < 1.29 is 4.74 Å². The molecular formula is C15H18N2OS. The molecule has 1 aromatic heterocycles. The van der Waals surface area contributed by atoms with Gasteiger partial charge < -0.3 is 10.1 Å². The molecule has 1 aliphatic heterocycles. The second-order valence-corrected chi connectivity index (χ2v) is 6.61. The van der Waals surface area contributed by atoms with E-state index < -0.39 is 0 Å². The highest BCUT2D eigenvalue weighted by Crippen LogP contribution is 2.33. The van der Waals surface area contributed by atoms with E-state index in [0.29, 0.717) is 12.0 Å². The number of hydrogen-bond acceptors (Lipinski definition) is 4. The van der Waals surface area contributed by atoms with Gasteiger partial charge in [-0.25, -0.2) is 4.98 Å². The quantitative estimate of drug-likeness (QED) is 0.867. The normalized spacial score (nSPS) is 31.3. The van der Waals surface area contributed by atoms with Gasteiger partial charge in [-0.1, -0.05) is 18.6 Å². The summed E-state index contributed by atoms with van der Waals surface area (Å²) in [5.41, 5.74) is 1.09. The van der Waals surface area contributed by atoms with Crippen LogP contribution in [0.4, 0.5) is 0 Å². The van der Waals surface area contributed by atoms with Crippen LogP contribution < -0.4 is 5.32 Å². The molecule has 0 radical (unpaired) electrons. The topological polar surface area (TPSA) is 34.1 Å². The van der Waals surface area contributed by atoms with Crippen LogP contribution in [-0.4, -0.2) is 24.2 Å².